The normalized spacial score (nSPS) is 31.6. The average Bonchev–Trinajstić information content (AvgIpc) is 2.54. The molecule has 2 aromatic carbocycles. The highest BCUT2D eigenvalue weighted by molar-refractivity contribution is 5.29. The first kappa shape index (κ1) is 17.1. The molecule has 0 bridgehead atoms. The lowest BCUT2D eigenvalue weighted by atomic mass is 9.81. The van der Waals surface area contributed by atoms with E-state index in [1.54, 1.807) is 52.0 Å². The molecule has 0 saturated carbocycles. The third kappa shape index (κ3) is 2.38. The molecular formula is C20H24O4. The Labute approximate surface area is 142 Å². The predicted octanol–water partition coefficient (Wildman–Crippen LogP) is 3.28. The molecular weight excluding hydrogens is 304 g/mol. The Morgan fingerprint density at radius 3 is 1.17 bits per heavy atom. The lowest BCUT2D eigenvalue weighted by Crippen LogP contribution is -2.69. The summed E-state index contributed by atoms with van der Waals surface area (Å²) in [4.78, 5) is 0. The summed E-state index contributed by atoms with van der Waals surface area (Å²) in [6, 6.07) is 18.2. The summed E-state index contributed by atoms with van der Waals surface area (Å²) in [7, 11) is 0. The summed E-state index contributed by atoms with van der Waals surface area (Å²) in [6.45, 7) is 6.85. The van der Waals surface area contributed by atoms with E-state index in [0.717, 1.165) is 0 Å². The van der Waals surface area contributed by atoms with Crippen molar-refractivity contribution < 1.29 is 19.7 Å². The van der Waals surface area contributed by atoms with Crippen molar-refractivity contribution in [1.29, 1.82) is 0 Å². The van der Waals surface area contributed by atoms with Crippen molar-refractivity contribution in [1.82, 2.24) is 0 Å². The van der Waals surface area contributed by atoms with Gasteiger partial charge in [0.25, 0.3) is 0 Å². The van der Waals surface area contributed by atoms with E-state index < -0.39 is 22.8 Å². The monoisotopic (exact) mass is 328 g/mol. The van der Waals surface area contributed by atoms with Gasteiger partial charge in [0.05, 0.1) is 0 Å². The summed E-state index contributed by atoms with van der Waals surface area (Å²) in [5, 5.41) is 22.7. The topological polar surface area (TPSA) is 58.9 Å². The SMILES string of the molecule is CC1(C)OC(O)(c2ccccc2)C(C)(C)OC1(O)c1ccccc1. The minimum absolute atomic E-state index is 0.582. The fourth-order valence-corrected chi connectivity index (χ4v) is 3.26. The first-order chi connectivity index (χ1) is 11.1. The highest BCUT2D eigenvalue weighted by Crippen LogP contribution is 2.53. The Bertz CT molecular complexity index is 647. The molecule has 24 heavy (non-hydrogen) atoms. The van der Waals surface area contributed by atoms with Crippen molar-refractivity contribution in [2.75, 3.05) is 0 Å². The maximum atomic E-state index is 11.3. The van der Waals surface area contributed by atoms with Crippen molar-refractivity contribution in [3.8, 4) is 0 Å². The van der Waals surface area contributed by atoms with E-state index in [1.165, 1.54) is 0 Å². The number of ether oxygens (including phenoxy) is 2. The lowest BCUT2D eigenvalue weighted by Gasteiger charge is -2.58. The molecule has 2 aromatic rings. The van der Waals surface area contributed by atoms with E-state index >= 15 is 0 Å². The Hall–Kier alpha value is -1.72. The van der Waals surface area contributed by atoms with Gasteiger partial charge in [0.2, 0.25) is 11.6 Å². The van der Waals surface area contributed by atoms with Crippen molar-refractivity contribution >= 4 is 0 Å². The lowest BCUT2D eigenvalue weighted by molar-refractivity contribution is -0.488. The Balaban J connectivity index is 2.11. The van der Waals surface area contributed by atoms with Gasteiger partial charge in [-0.05, 0) is 27.7 Å². The number of hydrogen-bond donors (Lipinski definition) is 2. The van der Waals surface area contributed by atoms with Crippen molar-refractivity contribution in [3.63, 3.8) is 0 Å². The average molecular weight is 328 g/mol. The van der Waals surface area contributed by atoms with Crippen LogP contribution in [0.2, 0.25) is 0 Å². The van der Waals surface area contributed by atoms with E-state index in [9.17, 15) is 10.2 Å². The molecule has 0 amide bonds. The van der Waals surface area contributed by atoms with E-state index in [4.69, 9.17) is 9.47 Å². The molecule has 4 heteroatoms. The van der Waals surface area contributed by atoms with Gasteiger partial charge in [-0.3, -0.25) is 0 Å². The Morgan fingerprint density at radius 2 is 0.875 bits per heavy atom. The van der Waals surface area contributed by atoms with Gasteiger partial charge >= 0.3 is 0 Å². The number of benzene rings is 2. The fourth-order valence-electron chi connectivity index (χ4n) is 3.26. The van der Waals surface area contributed by atoms with Gasteiger partial charge in [0.1, 0.15) is 11.2 Å². The van der Waals surface area contributed by atoms with Gasteiger partial charge in [-0.1, -0.05) is 60.7 Å². The highest BCUT2D eigenvalue weighted by Gasteiger charge is 2.65. The zero-order valence-corrected chi connectivity index (χ0v) is 14.5. The maximum Gasteiger partial charge on any atom is 0.222 e. The van der Waals surface area contributed by atoms with Gasteiger partial charge in [0.15, 0.2) is 0 Å². The summed E-state index contributed by atoms with van der Waals surface area (Å²) >= 11 is 0. The first-order valence-corrected chi connectivity index (χ1v) is 8.09. The van der Waals surface area contributed by atoms with Crippen LogP contribution in [0, 0.1) is 0 Å². The van der Waals surface area contributed by atoms with Crippen LogP contribution in [0.25, 0.3) is 0 Å². The molecule has 2 atom stereocenters. The van der Waals surface area contributed by atoms with E-state index in [2.05, 4.69) is 0 Å². The Morgan fingerprint density at radius 1 is 0.583 bits per heavy atom. The molecule has 1 saturated heterocycles. The van der Waals surface area contributed by atoms with Crippen LogP contribution in [-0.2, 0) is 21.0 Å². The maximum absolute atomic E-state index is 11.3. The van der Waals surface area contributed by atoms with Gasteiger partial charge in [-0.15, -0.1) is 0 Å². The summed E-state index contributed by atoms with van der Waals surface area (Å²) in [5.41, 5.74) is -1.21. The van der Waals surface area contributed by atoms with Crippen LogP contribution in [0.15, 0.2) is 60.7 Å². The summed E-state index contributed by atoms with van der Waals surface area (Å²) in [6.07, 6.45) is 0. The number of aliphatic hydroxyl groups is 2. The van der Waals surface area contributed by atoms with Crippen molar-refractivity contribution in [2.24, 2.45) is 0 Å². The zero-order chi connectivity index (χ0) is 17.6. The molecule has 2 unspecified atom stereocenters. The first-order valence-electron chi connectivity index (χ1n) is 8.09. The molecule has 1 aliphatic heterocycles. The molecule has 0 spiro atoms. The second-order valence-electron chi connectivity index (χ2n) is 7.24. The van der Waals surface area contributed by atoms with Crippen LogP contribution in [0.5, 0.6) is 0 Å². The van der Waals surface area contributed by atoms with E-state index in [-0.39, 0.29) is 0 Å². The van der Waals surface area contributed by atoms with Gasteiger partial charge in [0, 0.05) is 11.1 Å². The Kier molecular flexibility index (Phi) is 3.85. The highest BCUT2D eigenvalue weighted by atomic mass is 16.8. The zero-order valence-electron chi connectivity index (χ0n) is 14.5. The van der Waals surface area contributed by atoms with Crippen LogP contribution in [0.4, 0.5) is 0 Å². The van der Waals surface area contributed by atoms with E-state index in [1.807, 2.05) is 36.4 Å². The number of rotatable bonds is 2. The molecule has 4 nitrogen and oxygen atoms in total. The third-order valence-corrected chi connectivity index (χ3v) is 4.77. The smallest absolute Gasteiger partial charge is 0.222 e. The number of hydrogen-bond acceptors (Lipinski definition) is 4. The molecule has 0 aliphatic carbocycles. The van der Waals surface area contributed by atoms with Gasteiger partial charge in [-0.2, -0.15) is 0 Å². The summed E-state index contributed by atoms with van der Waals surface area (Å²) < 4.78 is 12.2. The molecule has 1 fully saturated rings. The molecule has 1 aliphatic rings. The standard InChI is InChI=1S/C20H24O4/c1-17(2)19(21,15-11-7-5-8-12-15)24-18(3,4)20(22,23-17)16-13-9-6-10-14-16/h5-14,21-22H,1-4H3. The second kappa shape index (κ2) is 5.39. The van der Waals surface area contributed by atoms with Crippen LogP contribution >= 0.6 is 0 Å². The largest absolute Gasteiger partial charge is 0.360 e. The fraction of sp³-hybridized carbons (Fsp3) is 0.400. The molecule has 2 N–H and O–H groups in total. The van der Waals surface area contributed by atoms with Crippen LogP contribution in [0.3, 0.4) is 0 Å². The third-order valence-electron chi connectivity index (χ3n) is 4.77. The van der Waals surface area contributed by atoms with Gasteiger partial charge in [-0.25, -0.2) is 0 Å². The van der Waals surface area contributed by atoms with Crippen LogP contribution < -0.4 is 0 Å². The predicted molar refractivity (Wildman–Crippen MR) is 91.0 cm³/mol. The van der Waals surface area contributed by atoms with Crippen LogP contribution in [0.1, 0.15) is 38.8 Å². The van der Waals surface area contributed by atoms with Gasteiger partial charge < -0.3 is 19.7 Å². The van der Waals surface area contributed by atoms with Crippen molar-refractivity contribution in [3.05, 3.63) is 71.8 Å². The molecule has 1 heterocycles. The minimum Gasteiger partial charge on any atom is -0.360 e. The molecule has 0 radical (unpaired) electrons. The molecule has 0 aromatic heterocycles. The second-order valence-corrected chi connectivity index (χ2v) is 7.24. The quantitative estimate of drug-likeness (QED) is 0.888. The molecule has 128 valence electrons. The van der Waals surface area contributed by atoms with Crippen LogP contribution in [-0.4, -0.2) is 21.4 Å². The van der Waals surface area contributed by atoms with E-state index in [0.29, 0.717) is 11.1 Å². The van der Waals surface area contributed by atoms with Crippen molar-refractivity contribution in [2.45, 2.75) is 50.5 Å². The molecule has 3 rings (SSSR count). The minimum atomic E-state index is -1.70. The summed E-state index contributed by atoms with van der Waals surface area (Å²) in [5.74, 6) is -3.39.